The molecule has 3 heterocycles. The predicted octanol–water partition coefficient (Wildman–Crippen LogP) is 3.06. The Bertz CT molecular complexity index is 1120. The molecule has 160 valence electrons. The third kappa shape index (κ3) is 4.84. The number of H-pyrrole nitrogens is 1. The summed E-state index contributed by atoms with van der Waals surface area (Å²) in [7, 11) is 0. The van der Waals surface area contributed by atoms with Crippen LogP contribution in [0, 0.1) is 13.5 Å². The quantitative estimate of drug-likeness (QED) is 0.455. The lowest BCUT2D eigenvalue weighted by Gasteiger charge is -2.34. The van der Waals surface area contributed by atoms with E-state index < -0.39 is 5.91 Å². The van der Waals surface area contributed by atoms with Gasteiger partial charge in [-0.25, -0.2) is 14.8 Å². The number of carbonyl (C=O) groups excluding carboxylic acids is 1. The Morgan fingerprint density at radius 3 is 2.74 bits per heavy atom. The SMILES string of the molecule is [C-]#[N+]c1ccc2[nH]cc(CCCCN3CCN(c4nc(C)cc(C(N)=O)n4)CC3)c2c1. The van der Waals surface area contributed by atoms with Crippen molar-refractivity contribution in [3.8, 4) is 0 Å². The predicted molar refractivity (Wildman–Crippen MR) is 121 cm³/mol. The van der Waals surface area contributed by atoms with Gasteiger partial charge in [-0.15, -0.1) is 0 Å². The van der Waals surface area contributed by atoms with E-state index in [9.17, 15) is 4.79 Å². The van der Waals surface area contributed by atoms with Crippen LogP contribution in [-0.4, -0.2) is 58.5 Å². The van der Waals surface area contributed by atoms with Crippen LogP contribution < -0.4 is 10.6 Å². The molecule has 1 fully saturated rings. The Balaban J connectivity index is 1.25. The topological polar surface area (TPSA) is 95.5 Å². The molecule has 0 radical (unpaired) electrons. The van der Waals surface area contributed by atoms with Crippen molar-refractivity contribution in [3.63, 3.8) is 0 Å². The summed E-state index contributed by atoms with van der Waals surface area (Å²) >= 11 is 0. The first kappa shape index (κ1) is 20.8. The van der Waals surface area contributed by atoms with Crippen molar-refractivity contribution in [2.45, 2.75) is 26.2 Å². The van der Waals surface area contributed by atoms with Crippen LogP contribution in [0.1, 0.15) is 34.6 Å². The maximum absolute atomic E-state index is 11.5. The number of carbonyl (C=O) groups is 1. The van der Waals surface area contributed by atoms with E-state index >= 15 is 0 Å². The average molecular weight is 418 g/mol. The molecule has 3 aromatic rings. The van der Waals surface area contributed by atoms with Crippen molar-refractivity contribution in [3.05, 3.63) is 58.8 Å². The number of aromatic amines is 1. The van der Waals surface area contributed by atoms with Crippen molar-refractivity contribution in [1.29, 1.82) is 0 Å². The van der Waals surface area contributed by atoms with E-state index in [4.69, 9.17) is 12.3 Å². The smallest absolute Gasteiger partial charge is 0.267 e. The number of rotatable bonds is 7. The van der Waals surface area contributed by atoms with Crippen molar-refractivity contribution in [2.24, 2.45) is 5.73 Å². The molecule has 31 heavy (non-hydrogen) atoms. The van der Waals surface area contributed by atoms with E-state index in [2.05, 4.69) is 35.8 Å². The number of primary amides is 1. The molecule has 1 amide bonds. The Hall–Kier alpha value is -3.44. The minimum absolute atomic E-state index is 0.269. The van der Waals surface area contributed by atoms with E-state index in [0.717, 1.165) is 68.6 Å². The van der Waals surface area contributed by atoms with Crippen LogP contribution in [0.25, 0.3) is 15.7 Å². The first-order valence-electron chi connectivity index (χ1n) is 10.6. The summed E-state index contributed by atoms with van der Waals surface area (Å²) < 4.78 is 0. The summed E-state index contributed by atoms with van der Waals surface area (Å²) in [6.45, 7) is 13.7. The van der Waals surface area contributed by atoms with Gasteiger partial charge in [-0.1, -0.05) is 6.07 Å². The molecule has 0 saturated carbocycles. The van der Waals surface area contributed by atoms with Crippen molar-refractivity contribution >= 4 is 28.4 Å². The van der Waals surface area contributed by atoms with Crippen LogP contribution in [0.15, 0.2) is 30.5 Å². The zero-order valence-corrected chi connectivity index (χ0v) is 17.8. The van der Waals surface area contributed by atoms with Crippen molar-refractivity contribution in [1.82, 2.24) is 19.9 Å². The maximum atomic E-state index is 11.5. The molecule has 0 bridgehead atoms. The van der Waals surface area contributed by atoms with Gasteiger partial charge in [0.2, 0.25) is 5.95 Å². The molecule has 0 unspecified atom stereocenters. The molecule has 3 N–H and O–H groups in total. The number of fused-ring (bicyclic) bond motifs is 1. The summed E-state index contributed by atoms with van der Waals surface area (Å²) in [6.07, 6.45) is 5.31. The largest absolute Gasteiger partial charge is 0.364 e. The van der Waals surface area contributed by atoms with Gasteiger partial charge in [0.15, 0.2) is 5.69 Å². The van der Waals surface area contributed by atoms with Gasteiger partial charge >= 0.3 is 0 Å². The Morgan fingerprint density at radius 1 is 1.19 bits per heavy atom. The van der Waals surface area contributed by atoms with E-state index in [1.54, 1.807) is 6.07 Å². The Kier molecular flexibility index (Phi) is 6.14. The van der Waals surface area contributed by atoms with E-state index in [-0.39, 0.29) is 5.69 Å². The highest BCUT2D eigenvalue weighted by Gasteiger charge is 2.20. The molecule has 1 aliphatic heterocycles. The number of unbranched alkanes of at least 4 members (excludes halogenated alkanes) is 1. The normalized spacial score (nSPS) is 14.6. The number of anilines is 1. The van der Waals surface area contributed by atoms with Crippen LogP contribution in [0.5, 0.6) is 0 Å². The second kappa shape index (κ2) is 9.14. The average Bonchev–Trinajstić information content (AvgIpc) is 3.18. The van der Waals surface area contributed by atoms with Crippen LogP contribution in [0.4, 0.5) is 11.6 Å². The molecule has 1 saturated heterocycles. The van der Waals surface area contributed by atoms with Gasteiger partial charge in [-0.2, -0.15) is 0 Å². The fourth-order valence-corrected chi connectivity index (χ4v) is 4.09. The summed E-state index contributed by atoms with van der Waals surface area (Å²) in [6, 6.07) is 7.43. The van der Waals surface area contributed by atoms with Gasteiger partial charge in [0.25, 0.3) is 5.91 Å². The monoisotopic (exact) mass is 417 g/mol. The molecule has 1 aromatic carbocycles. The highest BCUT2D eigenvalue weighted by molar-refractivity contribution is 5.91. The van der Waals surface area contributed by atoms with E-state index in [1.165, 1.54) is 5.56 Å². The number of nitrogens with zero attached hydrogens (tertiary/aromatic N) is 5. The summed E-state index contributed by atoms with van der Waals surface area (Å²) in [5.74, 6) is 0.0671. The molecule has 0 aliphatic carbocycles. The molecule has 8 heteroatoms. The van der Waals surface area contributed by atoms with Crippen molar-refractivity contribution in [2.75, 3.05) is 37.6 Å². The molecule has 8 nitrogen and oxygen atoms in total. The van der Waals surface area contributed by atoms with E-state index in [1.807, 2.05) is 25.1 Å². The number of nitrogens with one attached hydrogen (secondary N) is 1. The van der Waals surface area contributed by atoms with Gasteiger partial charge in [-0.3, -0.25) is 9.69 Å². The molecule has 4 rings (SSSR count). The van der Waals surface area contributed by atoms with Gasteiger partial charge in [0.05, 0.1) is 6.57 Å². The minimum Gasteiger partial charge on any atom is -0.364 e. The van der Waals surface area contributed by atoms with Gasteiger partial charge in [0.1, 0.15) is 5.69 Å². The number of amides is 1. The summed E-state index contributed by atoms with van der Waals surface area (Å²) in [5.41, 5.74) is 9.47. The van der Waals surface area contributed by atoms with Gasteiger partial charge in [-0.05, 0) is 61.9 Å². The highest BCUT2D eigenvalue weighted by Crippen LogP contribution is 2.25. The molecule has 1 aliphatic rings. The summed E-state index contributed by atoms with van der Waals surface area (Å²) in [4.78, 5) is 31.7. The van der Waals surface area contributed by atoms with Crippen LogP contribution >= 0.6 is 0 Å². The molecule has 2 aromatic heterocycles. The molecule has 0 spiro atoms. The number of aryl methyl sites for hydroxylation is 2. The van der Waals surface area contributed by atoms with Crippen LogP contribution in [-0.2, 0) is 6.42 Å². The lowest BCUT2D eigenvalue weighted by molar-refractivity contribution is 0.0995. The Morgan fingerprint density at radius 2 is 2.00 bits per heavy atom. The van der Waals surface area contributed by atoms with E-state index in [0.29, 0.717) is 11.6 Å². The fourth-order valence-electron chi connectivity index (χ4n) is 4.09. The van der Waals surface area contributed by atoms with Gasteiger partial charge < -0.3 is 15.6 Å². The number of hydrogen-bond acceptors (Lipinski definition) is 5. The third-order valence-electron chi connectivity index (χ3n) is 5.80. The van der Waals surface area contributed by atoms with Crippen LogP contribution in [0.2, 0.25) is 0 Å². The lowest BCUT2D eigenvalue weighted by Crippen LogP contribution is -2.47. The Labute approximate surface area is 181 Å². The first-order valence-corrected chi connectivity index (χ1v) is 10.6. The van der Waals surface area contributed by atoms with Gasteiger partial charge in [0, 0.05) is 43.6 Å². The number of benzene rings is 1. The zero-order valence-electron chi connectivity index (χ0n) is 17.8. The fraction of sp³-hybridized carbons (Fsp3) is 0.391. The van der Waals surface area contributed by atoms with Crippen molar-refractivity contribution < 1.29 is 4.79 Å². The molecule has 0 atom stereocenters. The number of hydrogen-bond donors (Lipinski definition) is 2. The summed E-state index contributed by atoms with van der Waals surface area (Å²) in [5, 5.41) is 1.16. The van der Waals surface area contributed by atoms with Crippen LogP contribution in [0.3, 0.4) is 0 Å². The number of aromatic nitrogens is 3. The second-order valence-electron chi connectivity index (χ2n) is 8.00. The number of piperazine rings is 1. The first-order chi connectivity index (χ1) is 15.0. The minimum atomic E-state index is -0.522. The molecular formula is C23H27N7O. The lowest BCUT2D eigenvalue weighted by atomic mass is 10.1. The highest BCUT2D eigenvalue weighted by atomic mass is 16.1. The number of nitrogens with two attached hydrogens (primary N) is 1. The molecular weight excluding hydrogens is 390 g/mol. The standard InChI is InChI=1S/C23H27N7O/c1-16-13-21(22(24)31)28-23(27-16)30-11-9-29(10-12-30)8-4-3-5-17-15-26-20-7-6-18(25-2)14-19(17)20/h6-7,13-15,26H,3-5,8-12H2,1H3,(H2,24,31). The third-order valence-corrected chi connectivity index (χ3v) is 5.80. The zero-order chi connectivity index (χ0) is 21.8. The second-order valence-corrected chi connectivity index (χ2v) is 8.00. The maximum Gasteiger partial charge on any atom is 0.267 e.